The van der Waals surface area contributed by atoms with Gasteiger partial charge in [-0.1, -0.05) is 24.3 Å². The Labute approximate surface area is 163 Å². The first-order valence-electron chi connectivity index (χ1n) is 4.41. The molecule has 9 heteroatoms. The van der Waals surface area contributed by atoms with Gasteiger partial charge in [-0.05, 0) is 12.1 Å². The van der Waals surface area contributed by atoms with E-state index < -0.39 is 14.6 Å². The molecule has 1 radical (unpaired) electrons. The summed E-state index contributed by atoms with van der Waals surface area (Å²) < 4.78 is 0. The average Bonchev–Trinajstić information content (AvgIpc) is 2.27. The van der Waals surface area contributed by atoms with Crippen molar-refractivity contribution in [2.45, 2.75) is 0 Å². The van der Waals surface area contributed by atoms with Crippen molar-refractivity contribution in [3.63, 3.8) is 0 Å². The summed E-state index contributed by atoms with van der Waals surface area (Å²) in [6.45, 7) is 0. The SMILES string of the molecule is O=C(O)c1ccc2ccccc2n1.[Cu+2].[K+].[O-]P([O-])[O-]. The molecule has 0 amide bonds. The summed E-state index contributed by atoms with van der Waals surface area (Å²) in [5.74, 6) is -0.995. The van der Waals surface area contributed by atoms with Gasteiger partial charge in [0.25, 0.3) is 0 Å². The number of aromatic nitrogens is 1. The predicted molar refractivity (Wildman–Crippen MR) is 55.6 cm³/mol. The molecule has 1 heterocycles. The van der Waals surface area contributed by atoms with Gasteiger partial charge in [-0.3, -0.25) is 0 Å². The maximum absolute atomic E-state index is 10.6. The Morgan fingerprint density at radius 1 is 1.11 bits per heavy atom. The molecule has 0 aliphatic carbocycles. The Hall–Kier alpha value is 0.566. The van der Waals surface area contributed by atoms with Gasteiger partial charge < -0.3 is 28.4 Å². The van der Waals surface area contributed by atoms with E-state index in [1.807, 2.05) is 18.2 Å². The second-order valence-corrected chi connectivity index (χ2v) is 3.37. The minimum Gasteiger partial charge on any atom is -0.854 e. The molecule has 2 aromatic rings. The van der Waals surface area contributed by atoms with Crippen molar-refractivity contribution in [3.05, 3.63) is 42.1 Å². The molecule has 1 aromatic carbocycles. The Morgan fingerprint density at radius 2 is 1.63 bits per heavy atom. The second-order valence-electron chi connectivity index (χ2n) is 2.92. The van der Waals surface area contributed by atoms with E-state index in [-0.39, 0.29) is 74.1 Å². The molecule has 0 unspecified atom stereocenters. The van der Waals surface area contributed by atoms with Crippen molar-refractivity contribution < 1.29 is 93.0 Å². The minimum atomic E-state index is -3.37. The summed E-state index contributed by atoms with van der Waals surface area (Å²) in [7, 11) is -3.37. The molecular formula is C10H7CuKNO5P. The molecular weight excluding hydrogens is 348 g/mol. The molecule has 2 rings (SSSR count). The van der Waals surface area contributed by atoms with Crippen molar-refractivity contribution in [1.29, 1.82) is 0 Å². The zero-order valence-corrected chi connectivity index (χ0v) is 14.7. The number of carboxylic acids is 1. The van der Waals surface area contributed by atoms with Crippen LogP contribution < -0.4 is 66.1 Å². The largest absolute Gasteiger partial charge is 2.00 e. The van der Waals surface area contributed by atoms with Crippen LogP contribution in [0.2, 0.25) is 0 Å². The summed E-state index contributed by atoms with van der Waals surface area (Å²) in [6.07, 6.45) is 0. The molecule has 1 N–H and O–H groups in total. The number of pyridine rings is 1. The van der Waals surface area contributed by atoms with Crippen LogP contribution in [0.3, 0.4) is 0 Å². The zero-order chi connectivity index (χ0) is 12.8. The van der Waals surface area contributed by atoms with Crippen molar-refractivity contribution >= 4 is 25.5 Å². The number of hydrogen-bond acceptors (Lipinski definition) is 5. The van der Waals surface area contributed by atoms with E-state index in [1.165, 1.54) is 6.07 Å². The van der Waals surface area contributed by atoms with E-state index in [4.69, 9.17) is 19.8 Å². The first kappa shape index (κ1) is 21.9. The number of fused-ring (bicyclic) bond motifs is 1. The van der Waals surface area contributed by atoms with Crippen LogP contribution in [0, 0.1) is 0 Å². The quantitative estimate of drug-likeness (QED) is 0.415. The van der Waals surface area contributed by atoms with E-state index >= 15 is 0 Å². The standard InChI is InChI=1S/C10H7NO2.Cu.K.O3P/c12-10(13)9-6-5-7-3-1-2-4-8(7)11-9;;;1-4(2)3/h1-6H,(H,12,13);;;/q;+2;+1;-3. The van der Waals surface area contributed by atoms with E-state index in [0.717, 1.165) is 5.39 Å². The molecule has 0 bridgehead atoms. The predicted octanol–water partition coefficient (Wildman–Crippen LogP) is -3.77. The molecule has 0 saturated carbocycles. The van der Waals surface area contributed by atoms with Crippen molar-refractivity contribution in [3.8, 4) is 0 Å². The number of carboxylic acid groups (broad SMARTS) is 1. The number of aromatic carboxylic acids is 1. The van der Waals surface area contributed by atoms with Crippen LogP contribution in [-0.2, 0) is 17.1 Å². The Bertz CT molecular complexity index is 525. The molecule has 19 heavy (non-hydrogen) atoms. The van der Waals surface area contributed by atoms with Crippen molar-refractivity contribution in [2.75, 3.05) is 0 Å². The fourth-order valence-electron chi connectivity index (χ4n) is 1.19. The first-order chi connectivity index (χ1) is 8.00. The fourth-order valence-corrected chi connectivity index (χ4v) is 1.19. The van der Waals surface area contributed by atoms with Gasteiger partial charge in [0.2, 0.25) is 0 Å². The second kappa shape index (κ2) is 11.2. The molecule has 1 aromatic heterocycles. The van der Waals surface area contributed by atoms with E-state index in [1.54, 1.807) is 12.1 Å². The van der Waals surface area contributed by atoms with Gasteiger partial charge in [-0.15, -0.1) is 0 Å². The molecule has 0 aliphatic rings. The Kier molecular flexibility index (Phi) is 12.9. The van der Waals surface area contributed by atoms with E-state index in [2.05, 4.69) is 4.98 Å². The molecule has 0 saturated heterocycles. The number of carbonyl (C=O) groups is 1. The number of hydrogen-bond donors (Lipinski definition) is 1. The first-order valence-corrected chi connectivity index (χ1v) is 5.51. The maximum Gasteiger partial charge on any atom is 2.00 e. The van der Waals surface area contributed by atoms with Gasteiger partial charge in [0.1, 0.15) is 5.69 Å². The summed E-state index contributed by atoms with van der Waals surface area (Å²) in [4.78, 5) is 40.0. The molecule has 6 nitrogen and oxygen atoms in total. The molecule has 99 valence electrons. The smallest absolute Gasteiger partial charge is 0.854 e. The summed E-state index contributed by atoms with van der Waals surface area (Å²) in [5.41, 5.74) is 0.793. The van der Waals surface area contributed by atoms with Crippen LogP contribution in [0.25, 0.3) is 10.9 Å². The zero-order valence-electron chi connectivity index (χ0n) is 9.74. The van der Waals surface area contributed by atoms with Crippen LogP contribution in [0.5, 0.6) is 0 Å². The Morgan fingerprint density at radius 3 is 2.16 bits per heavy atom. The summed E-state index contributed by atoms with van der Waals surface area (Å²) in [6, 6.07) is 10.7. The van der Waals surface area contributed by atoms with Crippen molar-refractivity contribution in [1.82, 2.24) is 4.98 Å². The summed E-state index contributed by atoms with van der Waals surface area (Å²) >= 11 is 0. The molecule has 0 atom stereocenters. The normalized spacial score (nSPS) is 8.84. The van der Waals surface area contributed by atoms with E-state index in [9.17, 15) is 4.79 Å². The third kappa shape index (κ3) is 8.44. The number of rotatable bonds is 1. The van der Waals surface area contributed by atoms with Gasteiger partial charge in [0.15, 0.2) is 0 Å². The average molecular weight is 355 g/mol. The minimum absolute atomic E-state index is 0. The maximum atomic E-state index is 10.6. The van der Waals surface area contributed by atoms with Gasteiger partial charge in [-0.25, -0.2) is 9.78 Å². The molecule has 0 spiro atoms. The van der Waals surface area contributed by atoms with Gasteiger partial charge >= 0.3 is 74.4 Å². The molecule has 0 fully saturated rings. The van der Waals surface area contributed by atoms with Gasteiger partial charge in [-0.2, -0.15) is 0 Å². The van der Waals surface area contributed by atoms with Crippen molar-refractivity contribution in [2.24, 2.45) is 0 Å². The van der Waals surface area contributed by atoms with Crippen LogP contribution in [0.1, 0.15) is 10.5 Å². The monoisotopic (exact) mass is 354 g/mol. The van der Waals surface area contributed by atoms with Crippen LogP contribution >= 0.6 is 8.60 Å². The fraction of sp³-hybridized carbons (Fsp3) is 0. The van der Waals surface area contributed by atoms with Gasteiger partial charge in [0, 0.05) is 5.39 Å². The van der Waals surface area contributed by atoms with Gasteiger partial charge in [0.05, 0.1) is 5.52 Å². The number of nitrogens with zero attached hydrogens (tertiary/aromatic N) is 1. The summed E-state index contributed by atoms with van der Waals surface area (Å²) in [5, 5.41) is 9.63. The van der Waals surface area contributed by atoms with Crippen LogP contribution in [0.4, 0.5) is 0 Å². The third-order valence-electron chi connectivity index (χ3n) is 1.82. The van der Waals surface area contributed by atoms with E-state index in [0.29, 0.717) is 5.52 Å². The van der Waals surface area contributed by atoms with Crippen LogP contribution in [0.15, 0.2) is 36.4 Å². The molecule has 0 aliphatic heterocycles. The number of para-hydroxylation sites is 1. The third-order valence-corrected chi connectivity index (χ3v) is 1.82. The topological polar surface area (TPSA) is 119 Å². The Balaban J connectivity index is 0. The van der Waals surface area contributed by atoms with Crippen LogP contribution in [-0.4, -0.2) is 16.1 Å². The number of benzene rings is 1.